The number of nitrogens with two attached hydrogens (primary N) is 1. The maximum atomic E-state index is 6.32. The highest BCUT2D eigenvalue weighted by molar-refractivity contribution is 5.66. The van der Waals surface area contributed by atoms with Gasteiger partial charge in [-0.2, -0.15) is 0 Å². The van der Waals surface area contributed by atoms with Crippen LogP contribution in [-0.2, 0) is 19.3 Å². The molecule has 82 valence electrons. The van der Waals surface area contributed by atoms with Crippen molar-refractivity contribution in [3.05, 3.63) is 28.3 Å². The van der Waals surface area contributed by atoms with E-state index in [1.54, 1.807) is 0 Å². The summed E-state index contributed by atoms with van der Waals surface area (Å²) in [7, 11) is 0. The molecule has 3 rings (SSSR count). The molecule has 1 nitrogen and oxygen atoms in total. The van der Waals surface area contributed by atoms with Crippen molar-refractivity contribution in [2.24, 2.45) is 5.92 Å². The molecule has 1 aromatic carbocycles. The summed E-state index contributed by atoms with van der Waals surface area (Å²) in [6, 6.07) is 2.36. The summed E-state index contributed by atoms with van der Waals surface area (Å²) in [5.41, 5.74) is 12.9. The molecule has 2 N–H and O–H groups in total. The third-order valence-electron chi connectivity index (χ3n) is 4.17. The molecule has 1 heteroatoms. The number of hydrogen-bond acceptors (Lipinski definition) is 1. The second kappa shape index (κ2) is 3.28. The van der Waals surface area contributed by atoms with Gasteiger partial charge < -0.3 is 5.73 Å². The van der Waals surface area contributed by atoms with Crippen molar-refractivity contribution in [3.8, 4) is 12.3 Å². The van der Waals surface area contributed by atoms with Crippen LogP contribution in [-0.4, -0.2) is 0 Å². The van der Waals surface area contributed by atoms with Gasteiger partial charge in [0, 0.05) is 5.69 Å². The second-order valence-electron chi connectivity index (χ2n) is 5.18. The molecular formula is C15H17N. The van der Waals surface area contributed by atoms with Crippen LogP contribution in [0.15, 0.2) is 6.07 Å². The van der Waals surface area contributed by atoms with E-state index < -0.39 is 0 Å². The Labute approximate surface area is 97.0 Å². The van der Waals surface area contributed by atoms with E-state index in [2.05, 4.69) is 18.9 Å². The van der Waals surface area contributed by atoms with E-state index >= 15 is 0 Å². The molecule has 2 aliphatic rings. The van der Waals surface area contributed by atoms with Gasteiger partial charge in [-0.05, 0) is 53.9 Å². The van der Waals surface area contributed by atoms with Crippen LogP contribution < -0.4 is 5.73 Å². The van der Waals surface area contributed by atoms with E-state index in [9.17, 15) is 0 Å². The van der Waals surface area contributed by atoms with Crippen LogP contribution in [0.4, 0.5) is 5.69 Å². The van der Waals surface area contributed by atoms with Gasteiger partial charge in [0.05, 0.1) is 5.92 Å². The quantitative estimate of drug-likeness (QED) is 0.518. The lowest BCUT2D eigenvalue weighted by molar-refractivity contribution is 0.582. The van der Waals surface area contributed by atoms with Crippen molar-refractivity contribution in [2.75, 3.05) is 5.73 Å². The number of anilines is 1. The summed E-state index contributed by atoms with van der Waals surface area (Å²) in [5, 5.41) is 0. The van der Waals surface area contributed by atoms with Gasteiger partial charge in [-0.15, -0.1) is 6.42 Å². The predicted octanol–water partition coefficient (Wildman–Crippen LogP) is 2.67. The van der Waals surface area contributed by atoms with E-state index in [1.165, 1.54) is 35.1 Å². The zero-order valence-corrected chi connectivity index (χ0v) is 9.72. The third-order valence-corrected chi connectivity index (χ3v) is 4.17. The van der Waals surface area contributed by atoms with Crippen LogP contribution >= 0.6 is 0 Å². The van der Waals surface area contributed by atoms with Crippen LogP contribution in [0.2, 0.25) is 0 Å². The molecule has 0 spiro atoms. The van der Waals surface area contributed by atoms with Gasteiger partial charge in [0.25, 0.3) is 0 Å². The van der Waals surface area contributed by atoms with Crippen molar-refractivity contribution in [1.29, 1.82) is 0 Å². The van der Waals surface area contributed by atoms with Gasteiger partial charge in [-0.25, -0.2) is 0 Å². The molecular weight excluding hydrogens is 194 g/mol. The number of benzene rings is 1. The lowest BCUT2D eigenvalue weighted by Crippen LogP contribution is -2.05. The van der Waals surface area contributed by atoms with Crippen LogP contribution in [0.3, 0.4) is 0 Å². The van der Waals surface area contributed by atoms with Crippen LogP contribution in [0.1, 0.15) is 41.5 Å². The fourth-order valence-corrected chi connectivity index (χ4v) is 3.39. The van der Waals surface area contributed by atoms with Crippen molar-refractivity contribution >= 4 is 5.69 Å². The topological polar surface area (TPSA) is 26.0 Å². The summed E-state index contributed by atoms with van der Waals surface area (Å²) >= 11 is 0. The molecule has 0 saturated heterocycles. The molecule has 0 bridgehead atoms. The Balaban J connectivity index is 2.22. The van der Waals surface area contributed by atoms with Gasteiger partial charge >= 0.3 is 0 Å². The fourth-order valence-electron chi connectivity index (χ4n) is 3.39. The molecule has 0 amide bonds. The van der Waals surface area contributed by atoms with E-state index in [0.717, 1.165) is 18.5 Å². The van der Waals surface area contributed by atoms with Crippen LogP contribution in [0, 0.1) is 18.3 Å². The maximum absolute atomic E-state index is 6.32. The Morgan fingerprint density at radius 2 is 2.19 bits per heavy atom. The number of rotatable bonds is 0. The molecule has 16 heavy (non-hydrogen) atoms. The van der Waals surface area contributed by atoms with Gasteiger partial charge in [0.15, 0.2) is 0 Å². The first-order chi connectivity index (χ1) is 7.72. The first kappa shape index (κ1) is 9.78. The Bertz CT molecular complexity index is 493. The zero-order valence-electron chi connectivity index (χ0n) is 9.72. The first-order valence-corrected chi connectivity index (χ1v) is 6.11. The monoisotopic (exact) mass is 211 g/mol. The second-order valence-corrected chi connectivity index (χ2v) is 5.18. The minimum absolute atomic E-state index is 0.237. The van der Waals surface area contributed by atoms with E-state index in [1.807, 2.05) is 0 Å². The van der Waals surface area contributed by atoms with E-state index in [-0.39, 0.29) is 5.92 Å². The standard InChI is InChI=1S/C15H17N/c1-3-12-9(2)7-11-8-10-5-4-6-13(10)15(16)14(11)12/h1,8-9,12H,4-7,16H2,2H3. The Morgan fingerprint density at radius 1 is 1.38 bits per heavy atom. The SMILES string of the molecule is C#CC1c2c(cc3c(c2N)CCC3)CC1C. The average Bonchev–Trinajstić information content (AvgIpc) is 2.82. The largest absolute Gasteiger partial charge is 0.398 e. The summed E-state index contributed by atoms with van der Waals surface area (Å²) < 4.78 is 0. The van der Waals surface area contributed by atoms with Gasteiger partial charge in [0.1, 0.15) is 0 Å². The lowest BCUT2D eigenvalue weighted by atomic mass is 9.92. The van der Waals surface area contributed by atoms with Gasteiger partial charge in [-0.3, -0.25) is 0 Å². The predicted molar refractivity (Wildman–Crippen MR) is 67.3 cm³/mol. The Morgan fingerprint density at radius 3 is 2.94 bits per heavy atom. The average molecular weight is 211 g/mol. The minimum Gasteiger partial charge on any atom is -0.398 e. The smallest absolute Gasteiger partial charge is 0.0501 e. The van der Waals surface area contributed by atoms with Gasteiger partial charge in [0.2, 0.25) is 0 Å². The maximum Gasteiger partial charge on any atom is 0.0501 e. The number of nitrogen functional groups attached to an aromatic ring is 1. The van der Waals surface area contributed by atoms with Crippen molar-refractivity contribution < 1.29 is 0 Å². The molecule has 2 unspecified atom stereocenters. The Hall–Kier alpha value is -1.42. The molecule has 0 aromatic heterocycles. The number of terminal acetylenes is 1. The van der Waals surface area contributed by atoms with Crippen molar-refractivity contribution in [1.82, 2.24) is 0 Å². The molecule has 0 aliphatic heterocycles. The molecule has 1 aromatic rings. The number of hydrogen-bond donors (Lipinski definition) is 1. The van der Waals surface area contributed by atoms with Crippen LogP contribution in [0.25, 0.3) is 0 Å². The molecule has 0 fully saturated rings. The normalized spacial score (nSPS) is 26.2. The fraction of sp³-hybridized carbons (Fsp3) is 0.467. The highest BCUT2D eigenvalue weighted by Crippen LogP contribution is 2.44. The molecule has 2 atom stereocenters. The molecule has 0 heterocycles. The Kier molecular flexibility index (Phi) is 2.01. The molecule has 0 radical (unpaired) electrons. The van der Waals surface area contributed by atoms with Crippen LogP contribution in [0.5, 0.6) is 0 Å². The lowest BCUT2D eigenvalue weighted by Gasteiger charge is -2.14. The minimum atomic E-state index is 0.237. The summed E-state index contributed by atoms with van der Waals surface area (Å²) in [4.78, 5) is 0. The molecule has 2 aliphatic carbocycles. The van der Waals surface area contributed by atoms with Crippen molar-refractivity contribution in [3.63, 3.8) is 0 Å². The number of fused-ring (bicyclic) bond motifs is 2. The third kappa shape index (κ3) is 1.13. The highest BCUT2D eigenvalue weighted by Gasteiger charge is 2.32. The van der Waals surface area contributed by atoms with Crippen molar-refractivity contribution in [2.45, 2.75) is 38.5 Å². The molecule has 0 saturated carbocycles. The highest BCUT2D eigenvalue weighted by atomic mass is 14.6. The van der Waals surface area contributed by atoms with E-state index in [4.69, 9.17) is 12.2 Å². The zero-order chi connectivity index (χ0) is 11.3. The first-order valence-electron chi connectivity index (χ1n) is 6.11. The summed E-state index contributed by atoms with van der Waals surface area (Å²) in [6.45, 7) is 2.23. The van der Waals surface area contributed by atoms with Gasteiger partial charge in [-0.1, -0.05) is 18.9 Å². The van der Waals surface area contributed by atoms with E-state index in [0.29, 0.717) is 5.92 Å². The number of aryl methyl sites for hydroxylation is 1. The summed E-state index contributed by atoms with van der Waals surface area (Å²) in [5.74, 6) is 3.70. The summed E-state index contributed by atoms with van der Waals surface area (Å²) in [6.07, 6.45) is 10.3.